The maximum absolute atomic E-state index is 12.8. The van der Waals surface area contributed by atoms with Gasteiger partial charge < -0.3 is 9.64 Å². The number of halogens is 1. The number of fused-ring (bicyclic) bond motifs is 1. The number of piperidine rings is 1. The molecule has 0 bridgehead atoms. The molecule has 1 saturated heterocycles. The van der Waals surface area contributed by atoms with E-state index in [1.165, 1.54) is 19.3 Å². The predicted octanol–water partition coefficient (Wildman–Crippen LogP) is 4.56. The van der Waals surface area contributed by atoms with E-state index in [1.807, 2.05) is 17.9 Å². The number of ketones is 1. The largest absolute Gasteiger partial charge is 0.486 e. The highest BCUT2D eigenvalue weighted by molar-refractivity contribution is 6.31. The van der Waals surface area contributed by atoms with E-state index < -0.39 is 5.60 Å². The van der Waals surface area contributed by atoms with E-state index >= 15 is 0 Å². The van der Waals surface area contributed by atoms with Gasteiger partial charge in [0, 0.05) is 36.9 Å². The van der Waals surface area contributed by atoms with Crippen LogP contribution in [0.25, 0.3) is 0 Å². The van der Waals surface area contributed by atoms with Gasteiger partial charge in [-0.3, -0.25) is 9.59 Å². The highest BCUT2D eigenvalue weighted by Gasteiger charge is 2.44. The van der Waals surface area contributed by atoms with Gasteiger partial charge in [0.1, 0.15) is 11.4 Å². The lowest BCUT2D eigenvalue weighted by molar-refractivity contribution is -0.140. The van der Waals surface area contributed by atoms with Crippen LogP contribution >= 0.6 is 11.6 Å². The molecular formula is C21H26ClNO3. The third kappa shape index (κ3) is 3.24. The average molecular weight is 376 g/mol. The van der Waals surface area contributed by atoms with Crippen LogP contribution in [-0.4, -0.2) is 35.3 Å². The van der Waals surface area contributed by atoms with Gasteiger partial charge in [-0.05, 0) is 37.5 Å². The quantitative estimate of drug-likeness (QED) is 0.723. The Kier molecular flexibility index (Phi) is 4.72. The van der Waals surface area contributed by atoms with E-state index in [0.29, 0.717) is 41.8 Å². The van der Waals surface area contributed by atoms with Crippen LogP contribution in [0.1, 0.15) is 67.3 Å². The summed E-state index contributed by atoms with van der Waals surface area (Å²) in [5, 5.41) is 0.571. The normalized spacial score (nSPS) is 22.8. The fourth-order valence-electron chi connectivity index (χ4n) is 4.73. The molecule has 3 aliphatic rings. The number of benzene rings is 1. The standard InChI is InChI=1S/C21H26ClNO3/c1-14-11-16(22)12-17-18(24)13-21(26-19(14)17)7-9-23(10-8-21)20(25)15-5-3-2-4-6-15/h11-12,15H,2-10,13H2,1H3. The van der Waals surface area contributed by atoms with Crippen molar-refractivity contribution in [3.63, 3.8) is 0 Å². The monoisotopic (exact) mass is 375 g/mol. The number of amides is 1. The summed E-state index contributed by atoms with van der Waals surface area (Å²) in [6.07, 6.45) is 7.48. The molecule has 5 heteroatoms. The summed E-state index contributed by atoms with van der Waals surface area (Å²) in [5.41, 5.74) is 1.04. The molecule has 2 fully saturated rings. The number of nitrogens with zero attached hydrogens (tertiary/aromatic N) is 1. The molecule has 1 saturated carbocycles. The Hall–Kier alpha value is -1.55. The maximum Gasteiger partial charge on any atom is 0.225 e. The van der Waals surface area contributed by atoms with Crippen molar-refractivity contribution in [3.05, 3.63) is 28.3 Å². The number of carbonyl (C=O) groups is 2. The smallest absolute Gasteiger partial charge is 0.225 e. The Morgan fingerprint density at radius 3 is 2.58 bits per heavy atom. The molecule has 1 spiro atoms. The fourth-order valence-corrected chi connectivity index (χ4v) is 5.01. The van der Waals surface area contributed by atoms with Crippen molar-refractivity contribution < 1.29 is 14.3 Å². The Balaban J connectivity index is 1.47. The lowest BCUT2D eigenvalue weighted by atomic mass is 9.81. The Morgan fingerprint density at radius 1 is 1.19 bits per heavy atom. The molecule has 0 radical (unpaired) electrons. The lowest BCUT2D eigenvalue weighted by Gasteiger charge is -2.45. The molecule has 4 nitrogen and oxygen atoms in total. The predicted molar refractivity (Wildman–Crippen MR) is 101 cm³/mol. The van der Waals surface area contributed by atoms with Crippen LogP contribution in [0.2, 0.25) is 5.02 Å². The molecule has 2 heterocycles. The number of ether oxygens (including phenoxy) is 1. The second-order valence-corrected chi connectivity index (χ2v) is 8.58. The summed E-state index contributed by atoms with van der Waals surface area (Å²) in [7, 11) is 0. The highest BCUT2D eigenvalue weighted by Crippen LogP contribution is 2.42. The van der Waals surface area contributed by atoms with Gasteiger partial charge in [0.05, 0.1) is 12.0 Å². The van der Waals surface area contributed by atoms with Crippen molar-refractivity contribution in [2.24, 2.45) is 5.92 Å². The van der Waals surface area contributed by atoms with Crippen LogP contribution in [-0.2, 0) is 4.79 Å². The van der Waals surface area contributed by atoms with Crippen LogP contribution in [0.15, 0.2) is 12.1 Å². The van der Waals surface area contributed by atoms with Crippen LogP contribution in [0, 0.1) is 12.8 Å². The number of Topliss-reactive ketones (excluding diaryl/α,β-unsaturated/α-hetero) is 1. The zero-order chi connectivity index (χ0) is 18.3. The lowest BCUT2D eigenvalue weighted by Crippen LogP contribution is -2.53. The maximum atomic E-state index is 12.8. The Morgan fingerprint density at radius 2 is 1.88 bits per heavy atom. The summed E-state index contributed by atoms with van der Waals surface area (Å²) in [4.78, 5) is 27.5. The van der Waals surface area contributed by atoms with Gasteiger partial charge in [0.25, 0.3) is 0 Å². The first-order valence-electron chi connectivity index (χ1n) is 9.79. The van der Waals surface area contributed by atoms with Gasteiger partial charge >= 0.3 is 0 Å². The molecule has 26 heavy (non-hydrogen) atoms. The number of carbonyl (C=O) groups excluding carboxylic acids is 2. The van der Waals surface area contributed by atoms with Gasteiger partial charge in [-0.2, -0.15) is 0 Å². The molecule has 4 rings (SSSR count). The van der Waals surface area contributed by atoms with E-state index in [4.69, 9.17) is 16.3 Å². The first-order chi connectivity index (χ1) is 12.5. The van der Waals surface area contributed by atoms with Gasteiger partial charge in [0.2, 0.25) is 5.91 Å². The van der Waals surface area contributed by atoms with Crippen molar-refractivity contribution in [2.75, 3.05) is 13.1 Å². The number of aryl methyl sites for hydroxylation is 1. The Labute approximate surface area is 159 Å². The Bertz CT molecular complexity index is 731. The number of likely N-dealkylation sites (tertiary alicyclic amines) is 1. The third-order valence-electron chi connectivity index (χ3n) is 6.28. The molecular weight excluding hydrogens is 350 g/mol. The van der Waals surface area contributed by atoms with Crippen LogP contribution in [0.3, 0.4) is 0 Å². The number of hydrogen-bond donors (Lipinski definition) is 0. The van der Waals surface area contributed by atoms with E-state index in [-0.39, 0.29) is 11.7 Å². The average Bonchev–Trinajstić information content (AvgIpc) is 2.64. The van der Waals surface area contributed by atoms with Gasteiger partial charge in [-0.1, -0.05) is 30.9 Å². The third-order valence-corrected chi connectivity index (χ3v) is 6.50. The summed E-state index contributed by atoms with van der Waals surface area (Å²) < 4.78 is 6.37. The summed E-state index contributed by atoms with van der Waals surface area (Å²) in [6.45, 7) is 3.30. The van der Waals surface area contributed by atoms with Crippen molar-refractivity contribution in [2.45, 2.75) is 63.9 Å². The molecule has 2 aliphatic heterocycles. The molecule has 0 aromatic heterocycles. The van der Waals surface area contributed by atoms with Crippen molar-refractivity contribution in [3.8, 4) is 5.75 Å². The van der Waals surface area contributed by atoms with Crippen molar-refractivity contribution in [1.82, 2.24) is 4.90 Å². The van der Waals surface area contributed by atoms with Gasteiger partial charge in [-0.25, -0.2) is 0 Å². The van der Waals surface area contributed by atoms with E-state index in [2.05, 4.69) is 0 Å². The van der Waals surface area contributed by atoms with Crippen LogP contribution in [0.4, 0.5) is 0 Å². The molecule has 1 amide bonds. The molecule has 0 unspecified atom stereocenters. The molecule has 1 aromatic carbocycles. The van der Waals surface area contributed by atoms with E-state index in [0.717, 1.165) is 31.2 Å². The zero-order valence-electron chi connectivity index (χ0n) is 15.4. The molecule has 1 aromatic rings. The molecule has 1 aliphatic carbocycles. The zero-order valence-corrected chi connectivity index (χ0v) is 16.1. The summed E-state index contributed by atoms with van der Waals surface area (Å²) in [5.74, 6) is 1.29. The van der Waals surface area contributed by atoms with E-state index in [1.54, 1.807) is 6.07 Å². The van der Waals surface area contributed by atoms with Crippen LogP contribution < -0.4 is 4.74 Å². The van der Waals surface area contributed by atoms with Crippen LogP contribution in [0.5, 0.6) is 5.75 Å². The topological polar surface area (TPSA) is 46.6 Å². The summed E-state index contributed by atoms with van der Waals surface area (Å²) >= 11 is 6.10. The molecule has 0 atom stereocenters. The molecule has 0 N–H and O–H groups in total. The first kappa shape index (κ1) is 17.8. The fraction of sp³-hybridized carbons (Fsp3) is 0.619. The van der Waals surface area contributed by atoms with Gasteiger partial charge in [0.15, 0.2) is 5.78 Å². The number of rotatable bonds is 1. The highest BCUT2D eigenvalue weighted by atomic mass is 35.5. The number of hydrogen-bond acceptors (Lipinski definition) is 3. The second kappa shape index (κ2) is 6.88. The minimum atomic E-state index is -0.466. The second-order valence-electron chi connectivity index (χ2n) is 8.14. The SMILES string of the molecule is Cc1cc(Cl)cc2c1OC1(CCN(C(=O)C3CCCCC3)CC1)CC2=O. The van der Waals surface area contributed by atoms with E-state index in [9.17, 15) is 9.59 Å². The first-order valence-corrected chi connectivity index (χ1v) is 10.2. The summed E-state index contributed by atoms with van der Waals surface area (Å²) in [6, 6.07) is 3.55. The van der Waals surface area contributed by atoms with Crippen molar-refractivity contribution >= 4 is 23.3 Å². The van der Waals surface area contributed by atoms with Crippen molar-refractivity contribution in [1.29, 1.82) is 0 Å². The minimum absolute atomic E-state index is 0.101. The minimum Gasteiger partial charge on any atom is -0.486 e. The van der Waals surface area contributed by atoms with Gasteiger partial charge in [-0.15, -0.1) is 0 Å². The molecule has 140 valence electrons.